The average molecular weight is 511 g/mol. The fraction of sp³-hybridized carbons (Fsp3) is 0.364. The predicted octanol–water partition coefficient (Wildman–Crippen LogP) is 0.976. The zero-order valence-electron chi connectivity index (χ0n) is 18.8. The quantitative estimate of drug-likeness (QED) is 0.493. The van der Waals surface area contributed by atoms with Gasteiger partial charge in [0.05, 0.1) is 24.2 Å². The van der Waals surface area contributed by atoms with Gasteiger partial charge in [-0.3, -0.25) is 4.79 Å². The average Bonchev–Trinajstić information content (AvgIpc) is 3.15. The Labute approximate surface area is 198 Å². The van der Waals surface area contributed by atoms with Gasteiger partial charge in [0, 0.05) is 19.6 Å². The Morgan fingerprint density at radius 1 is 1.15 bits per heavy atom. The fourth-order valence-electron chi connectivity index (χ4n) is 3.49. The first-order valence-corrected chi connectivity index (χ1v) is 13.6. The van der Waals surface area contributed by atoms with Gasteiger partial charge in [-0.05, 0) is 30.2 Å². The van der Waals surface area contributed by atoms with E-state index in [9.17, 15) is 26.4 Å². The van der Waals surface area contributed by atoms with E-state index >= 15 is 0 Å². The molecule has 10 nitrogen and oxygen atoms in total. The van der Waals surface area contributed by atoms with Crippen molar-refractivity contribution in [1.82, 2.24) is 9.62 Å². The number of carbonyl (C=O) groups is 2. The number of carbonyl (C=O) groups excluding carboxylic acids is 2. The molecule has 0 aromatic heterocycles. The van der Waals surface area contributed by atoms with Crippen LogP contribution in [0.4, 0.5) is 0 Å². The summed E-state index contributed by atoms with van der Waals surface area (Å²) in [4.78, 5) is 24.3. The molecule has 0 radical (unpaired) electrons. The number of amides is 1. The van der Waals surface area contributed by atoms with E-state index < -0.39 is 44.4 Å². The second-order valence-corrected chi connectivity index (χ2v) is 12.1. The van der Waals surface area contributed by atoms with Crippen molar-refractivity contribution in [2.45, 2.75) is 23.9 Å². The maximum absolute atomic E-state index is 13.2. The topological polar surface area (TPSA) is 136 Å². The number of esters is 1. The molecule has 184 valence electrons. The van der Waals surface area contributed by atoms with E-state index in [1.165, 1.54) is 26.3 Å². The van der Waals surface area contributed by atoms with Crippen LogP contribution in [0, 0.1) is 0 Å². The Bertz CT molecular complexity index is 1260. The number of sulfonamides is 1. The van der Waals surface area contributed by atoms with Crippen LogP contribution in [0.3, 0.4) is 0 Å². The van der Waals surface area contributed by atoms with Crippen molar-refractivity contribution in [3.8, 4) is 5.75 Å². The van der Waals surface area contributed by atoms with E-state index in [1.54, 1.807) is 24.3 Å². The fourth-order valence-corrected chi connectivity index (χ4v) is 6.50. The Balaban J connectivity index is 1.70. The van der Waals surface area contributed by atoms with Crippen LogP contribution in [-0.2, 0) is 35.9 Å². The second kappa shape index (κ2) is 10.5. The van der Waals surface area contributed by atoms with Crippen molar-refractivity contribution >= 4 is 31.7 Å². The molecule has 1 amide bonds. The molecular formula is C22H26N2O8S2. The summed E-state index contributed by atoms with van der Waals surface area (Å²) in [5.74, 6) is -1.64. The molecule has 1 aliphatic rings. The minimum Gasteiger partial charge on any atom is -0.495 e. The van der Waals surface area contributed by atoms with Gasteiger partial charge in [0.1, 0.15) is 10.6 Å². The minimum atomic E-state index is -4.03. The van der Waals surface area contributed by atoms with E-state index in [4.69, 9.17) is 9.47 Å². The van der Waals surface area contributed by atoms with Gasteiger partial charge in [-0.25, -0.2) is 21.6 Å². The molecule has 1 atom stereocenters. The first-order valence-electron chi connectivity index (χ1n) is 10.4. The summed E-state index contributed by atoms with van der Waals surface area (Å²) < 4.78 is 60.7. The van der Waals surface area contributed by atoms with E-state index in [0.29, 0.717) is 6.42 Å². The van der Waals surface area contributed by atoms with Crippen LogP contribution in [0.25, 0.3) is 0 Å². The summed E-state index contributed by atoms with van der Waals surface area (Å²) >= 11 is 0. The van der Waals surface area contributed by atoms with E-state index in [-0.39, 0.29) is 34.3 Å². The Morgan fingerprint density at radius 3 is 2.47 bits per heavy atom. The van der Waals surface area contributed by atoms with Gasteiger partial charge in [-0.2, -0.15) is 4.31 Å². The van der Waals surface area contributed by atoms with E-state index in [2.05, 4.69) is 5.32 Å². The third-order valence-electron chi connectivity index (χ3n) is 5.27. The highest BCUT2D eigenvalue weighted by molar-refractivity contribution is 7.91. The number of nitrogens with zero attached hydrogens (tertiary/aromatic N) is 1. The molecule has 0 aliphatic carbocycles. The number of sulfone groups is 1. The Kier molecular flexibility index (Phi) is 7.95. The zero-order chi connectivity index (χ0) is 24.9. The van der Waals surface area contributed by atoms with Crippen molar-refractivity contribution in [3.05, 3.63) is 59.7 Å². The van der Waals surface area contributed by atoms with Crippen molar-refractivity contribution in [2.24, 2.45) is 0 Å². The number of hydrogen-bond acceptors (Lipinski definition) is 8. The lowest BCUT2D eigenvalue weighted by Crippen LogP contribution is -2.38. The van der Waals surface area contributed by atoms with Gasteiger partial charge in [-0.15, -0.1) is 0 Å². The van der Waals surface area contributed by atoms with Gasteiger partial charge in [-0.1, -0.05) is 30.3 Å². The van der Waals surface area contributed by atoms with E-state index in [0.717, 1.165) is 15.9 Å². The molecule has 0 spiro atoms. The molecule has 1 fully saturated rings. The lowest BCUT2D eigenvalue weighted by Gasteiger charge is -2.19. The second-order valence-electron chi connectivity index (χ2n) is 7.86. The van der Waals surface area contributed by atoms with E-state index in [1.807, 2.05) is 6.07 Å². The molecular weight excluding hydrogens is 484 g/mol. The summed E-state index contributed by atoms with van der Waals surface area (Å²) in [6.45, 7) is -0.518. The normalized spacial score (nSPS) is 17.3. The van der Waals surface area contributed by atoms with Gasteiger partial charge in [0.25, 0.3) is 5.91 Å². The molecule has 34 heavy (non-hydrogen) atoms. The van der Waals surface area contributed by atoms with Crippen molar-refractivity contribution in [1.29, 1.82) is 0 Å². The maximum atomic E-state index is 13.2. The monoisotopic (exact) mass is 510 g/mol. The summed E-state index contributed by atoms with van der Waals surface area (Å²) in [6, 6.07) is 12.3. The van der Waals surface area contributed by atoms with Crippen LogP contribution < -0.4 is 10.1 Å². The molecule has 0 bridgehead atoms. The number of rotatable bonds is 9. The number of benzene rings is 2. The SMILES string of the molecule is COc1ccc(C(=O)OCC(=O)NC2CCS(=O)(=O)C2)cc1S(=O)(=O)N(C)Cc1ccccc1. The Hall–Kier alpha value is -2.96. The molecule has 3 rings (SSSR count). The Morgan fingerprint density at radius 2 is 1.85 bits per heavy atom. The zero-order valence-corrected chi connectivity index (χ0v) is 20.4. The standard InChI is InChI=1S/C22H26N2O8S2/c1-24(13-16-6-4-3-5-7-16)34(29,30)20-12-17(8-9-19(20)31-2)22(26)32-14-21(25)23-18-10-11-33(27,28)15-18/h3-9,12,18H,10-11,13-15H2,1-2H3,(H,23,25). The van der Waals surface area contributed by atoms with Gasteiger partial charge < -0.3 is 14.8 Å². The maximum Gasteiger partial charge on any atom is 0.338 e. The smallest absolute Gasteiger partial charge is 0.338 e. The largest absolute Gasteiger partial charge is 0.495 e. The molecule has 2 aromatic rings. The van der Waals surface area contributed by atoms with Crippen molar-refractivity contribution < 1.29 is 35.9 Å². The van der Waals surface area contributed by atoms with Crippen LogP contribution >= 0.6 is 0 Å². The first-order chi connectivity index (χ1) is 16.0. The molecule has 1 aliphatic heterocycles. The lowest BCUT2D eigenvalue weighted by atomic mass is 10.2. The van der Waals surface area contributed by atoms with Gasteiger partial charge in [0.15, 0.2) is 16.4 Å². The molecule has 2 aromatic carbocycles. The van der Waals surface area contributed by atoms with Crippen molar-refractivity contribution in [3.63, 3.8) is 0 Å². The van der Waals surface area contributed by atoms with Crippen LogP contribution in [-0.4, -0.2) is 71.3 Å². The highest BCUT2D eigenvalue weighted by atomic mass is 32.2. The van der Waals surface area contributed by atoms with Crippen LogP contribution in [0.5, 0.6) is 5.75 Å². The molecule has 1 heterocycles. The molecule has 1 saturated heterocycles. The van der Waals surface area contributed by atoms with Gasteiger partial charge in [0.2, 0.25) is 10.0 Å². The number of methoxy groups -OCH3 is 1. The predicted molar refractivity (Wildman–Crippen MR) is 124 cm³/mol. The number of nitrogens with one attached hydrogen (secondary N) is 1. The summed E-state index contributed by atoms with van der Waals surface area (Å²) in [5, 5.41) is 2.52. The summed E-state index contributed by atoms with van der Waals surface area (Å²) in [7, 11) is -4.46. The summed E-state index contributed by atoms with van der Waals surface area (Å²) in [5.41, 5.74) is 0.702. The first kappa shape index (κ1) is 25.7. The third-order valence-corrected chi connectivity index (χ3v) is 8.86. The molecule has 0 saturated carbocycles. The highest BCUT2D eigenvalue weighted by Crippen LogP contribution is 2.28. The minimum absolute atomic E-state index is 0.000444. The third kappa shape index (κ3) is 6.33. The lowest BCUT2D eigenvalue weighted by molar-refractivity contribution is -0.124. The van der Waals surface area contributed by atoms with Crippen LogP contribution in [0.15, 0.2) is 53.4 Å². The van der Waals surface area contributed by atoms with Gasteiger partial charge >= 0.3 is 5.97 Å². The molecule has 12 heteroatoms. The number of ether oxygens (including phenoxy) is 2. The molecule has 1 N–H and O–H groups in total. The highest BCUT2D eigenvalue weighted by Gasteiger charge is 2.30. The van der Waals surface area contributed by atoms with Crippen LogP contribution in [0.2, 0.25) is 0 Å². The number of hydrogen-bond donors (Lipinski definition) is 1. The summed E-state index contributed by atoms with van der Waals surface area (Å²) in [6.07, 6.45) is 0.304. The van der Waals surface area contributed by atoms with Crippen molar-refractivity contribution in [2.75, 3.05) is 32.3 Å². The molecule has 1 unspecified atom stereocenters. The van der Waals surface area contributed by atoms with Crippen LogP contribution in [0.1, 0.15) is 22.3 Å².